The molecule has 29 heavy (non-hydrogen) atoms. The summed E-state index contributed by atoms with van der Waals surface area (Å²) in [5.41, 5.74) is 5.06. The van der Waals surface area contributed by atoms with Gasteiger partial charge in [-0.25, -0.2) is 0 Å². The molecular weight excluding hydrogens is 497 g/mol. The highest BCUT2D eigenvalue weighted by Crippen LogP contribution is 2.32. The zero-order valence-corrected chi connectivity index (χ0v) is 18.9. The first-order valence-electron chi connectivity index (χ1n) is 9.16. The molecule has 7 heteroatoms. The van der Waals surface area contributed by atoms with Crippen LogP contribution >= 0.6 is 34.2 Å². The van der Waals surface area contributed by atoms with E-state index in [-0.39, 0.29) is 6.04 Å². The Morgan fingerprint density at radius 2 is 1.62 bits per heavy atom. The second kappa shape index (κ2) is 8.51. The van der Waals surface area contributed by atoms with Crippen LogP contribution < -0.4 is 5.32 Å². The minimum Gasteiger partial charge on any atom is -0.371 e. The lowest BCUT2D eigenvalue weighted by Gasteiger charge is -2.22. The molecule has 1 atom stereocenters. The maximum atomic E-state index is 6.57. The number of tetrazole rings is 1. The summed E-state index contributed by atoms with van der Waals surface area (Å²) in [4.78, 5) is 0. The van der Waals surface area contributed by atoms with Crippen LogP contribution in [0.3, 0.4) is 0 Å². The molecule has 0 fully saturated rings. The summed E-state index contributed by atoms with van der Waals surface area (Å²) >= 11 is 8.86. The van der Waals surface area contributed by atoms with Crippen molar-refractivity contribution in [2.45, 2.75) is 19.9 Å². The van der Waals surface area contributed by atoms with Crippen molar-refractivity contribution in [1.82, 2.24) is 20.2 Å². The van der Waals surface area contributed by atoms with Gasteiger partial charge in [-0.1, -0.05) is 48.0 Å². The molecule has 0 radical (unpaired) electrons. The van der Waals surface area contributed by atoms with E-state index in [9.17, 15) is 0 Å². The Balaban J connectivity index is 1.86. The molecule has 1 N–H and O–H groups in total. The van der Waals surface area contributed by atoms with Gasteiger partial charge in [0.15, 0.2) is 5.82 Å². The van der Waals surface area contributed by atoms with Crippen LogP contribution in [0.25, 0.3) is 5.69 Å². The van der Waals surface area contributed by atoms with Gasteiger partial charge in [0.05, 0.1) is 5.69 Å². The van der Waals surface area contributed by atoms with Gasteiger partial charge in [-0.05, 0) is 88.3 Å². The van der Waals surface area contributed by atoms with Crippen LogP contribution in [0.4, 0.5) is 5.69 Å². The van der Waals surface area contributed by atoms with Gasteiger partial charge < -0.3 is 5.32 Å². The number of aryl methyl sites for hydroxylation is 2. The monoisotopic (exact) mass is 515 g/mol. The van der Waals surface area contributed by atoms with Crippen molar-refractivity contribution in [3.8, 4) is 5.69 Å². The van der Waals surface area contributed by atoms with Gasteiger partial charge in [0.2, 0.25) is 0 Å². The summed E-state index contributed by atoms with van der Waals surface area (Å²) in [6.45, 7) is 4.12. The molecule has 1 heterocycles. The number of nitrogens with one attached hydrogen (secondary N) is 1. The van der Waals surface area contributed by atoms with Crippen LogP contribution in [-0.4, -0.2) is 20.2 Å². The Bertz CT molecular complexity index is 1120. The predicted octanol–water partition coefficient (Wildman–Crippen LogP) is 5.74. The van der Waals surface area contributed by atoms with Crippen molar-refractivity contribution in [3.05, 3.63) is 97.8 Å². The van der Waals surface area contributed by atoms with Gasteiger partial charge >= 0.3 is 0 Å². The van der Waals surface area contributed by atoms with Crippen molar-refractivity contribution >= 4 is 39.9 Å². The van der Waals surface area contributed by atoms with E-state index in [1.807, 2.05) is 42.5 Å². The maximum absolute atomic E-state index is 6.57. The molecule has 1 aromatic heterocycles. The minimum absolute atomic E-state index is 0.322. The normalized spacial score (nSPS) is 12.0. The molecule has 5 nitrogen and oxygen atoms in total. The first kappa shape index (κ1) is 19.8. The Kier molecular flexibility index (Phi) is 5.82. The van der Waals surface area contributed by atoms with E-state index in [4.69, 9.17) is 11.6 Å². The smallest absolute Gasteiger partial charge is 0.183 e. The van der Waals surface area contributed by atoms with Crippen molar-refractivity contribution in [3.63, 3.8) is 0 Å². The number of aromatic nitrogens is 4. The van der Waals surface area contributed by atoms with Crippen LogP contribution in [0.1, 0.15) is 28.6 Å². The molecule has 0 unspecified atom stereocenters. The summed E-state index contributed by atoms with van der Waals surface area (Å²) in [6.07, 6.45) is 0. The van der Waals surface area contributed by atoms with Crippen LogP contribution in [0.2, 0.25) is 5.02 Å². The first-order chi connectivity index (χ1) is 14.0. The molecule has 4 aromatic rings. The zero-order valence-electron chi connectivity index (χ0n) is 16.0. The number of rotatable bonds is 5. The average Bonchev–Trinajstić information content (AvgIpc) is 3.17. The number of para-hydroxylation sites is 1. The van der Waals surface area contributed by atoms with Gasteiger partial charge in [0.1, 0.15) is 6.04 Å². The lowest BCUT2D eigenvalue weighted by Crippen LogP contribution is -2.19. The van der Waals surface area contributed by atoms with Gasteiger partial charge in [0, 0.05) is 19.8 Å². The Hall–Kier alpha value is -2.45. The van der Waals surface area contributed by atoms with Crippen molar-refractivity contribution in [2.75, 3.05) is 5.32 Å². The number of nitrogens with zero attached hydrogens (tertiary/aromatic N) is 4. The molecule has 0 bridgehead atoms. The van der Waals surface area contributed by atoms with Crippen molar-refractivity contribution in [1.29, 1.82) is 0 Å². The van der Waals surface area contributed by atoms with Crippen molar-refractivity contribution in [2.24, 2.45) is 0 Å². The number of halogens is 2. The molecular formula is C22H19ClIN5. The first-order valence-corrected chi connectivity index (χ1v) is 10.6. The molecule has 0 spiro atoms. The number of hydrogen-bond donors (Lipinski definition) is 1. The average molecular weight is 516 g/mol. The van der Waals surface area contributed by atoms with E-state index in [0.717, 1.165) is 28.1 Å². The van der Waals surface area contributed by atoms with Gasteiger partial charge in [-0.3, -0.25) is 0 Å². The summed E-state index contributed by atoms with van der Waals surface area (Å²) in [7, 11) is 0. The second-order valence-corrected chi connectivity index (χ2v) is 8.45. The van der Waals surface area contributed by atoms with Crippen LogP contribution in [-0.2, 0) is 0 Å². The SMILES string of the molecule is Cc1cccc(C)c1-n1nnnc1[C@@H](Nc1ccc(I)cc1)c1ccccc1Cl. The summed E-state index contributed by atoms with van der Waals surface area (Å²) in [6, 6.07) is 21.8. The third kappa shape index (κ3) is 4.13. The van der Waals surface area contributed by atoms with E-state index >= 15 is 0 Å². The highest BCUT2D eigenvalue weighted by molar-refractivity contribution is 14.1. The zero-order chi connectivity index (χ0) is 20.4. The fourth-order valence-electron chi connectivity index (χ4n) is 3.38. The molecule has 0 amide bonds. The predicted molar refractivity (Wildman–Crippen MR) is 125 cm³/mol. The molecule has 146 valence electrons. The molecule has 0 aliphatic heterocycles. The quantitative estimate of drug-likeness (QED) is 0.345. The summed E-state index contributed by atoms with van der Waals surface area (Å²) in [5.74, 6) is 0.675. The third-order valence-corrected chi connectivity index (χ3v) is 5.84. The van der Waals surface area contributed by atoms with Crippen molar-refractivity contribution < 1.29 is 0 Å². The largest absolute Gasteiger partial charge is 0.371 e. The molecule has 4 rings (SSSR count). The lowest BCUT2D eigenvalue weighted by atomic mass is 10.0. The van der Waals surface area contributed by atoms with Crippen LogP contribution in [0.15, 0.2) is 66.7 Å². The third-order valence-electron chi connectivity index (χ3n) is 4.77. The standard InChI is InChI=1S/C22H19ClIN5/c1-14-6-5-7-15(2)21(14)29-22(26-27-28-29)20(18-8-3-4-9-19(18)23)25-17-12-10-16(24)11-13-17/h3-13,20,25H,1-2H3/t20-/m0/s1. The highest BCUT2D eigenvalue weighted by Gasteiger charge is 2.25. The number of anilines is 1. The molecule has 0 saturated carbocycles. The van der Waals surface area contributed by atoms with Gasteiger partial charge in [0.25, 0.3) is 0 Å². The topological polar surface area (TPSA) is 55.6 Å². The van der Waals surface area contributed by atoms with Gasteiger partial charge in [-0.2, -0.15) is 4.68 Å². The molecule has 0 aliphatic rings. The van der Waals surface area contributed by atoms with E-state index in [1.54, 1.807) is 4.68 Å². The van der Waals surface area contributed by atoms with Crippen LogP contribution in [0, 0.1) is 17.4 Å². The summed E-state index contributed by atoms with van der Waals surface area (Å²) < 4.78 is 2.97. The minimum atomic E-state index is -0.322. The maximum Gasteiger partial charge on any atom is 0.183 e. The molecule has 3 aromatic carbocycles. The fourth-order valence-corrected chi connectivity index (χ4v) is 3.98. The van der Waals surface area contributed by atoms with Gasteiger partial charge in [-0.15, -0.1) is 5.10 Å². The lowest BCUT2D eigenvalue weighted by molar-refractivity contribution is 0.731. The Morgan fingerprint density at radius 3 is 2.31 bits per heavy atom. The van der Waals surface area contributed by atoms with E-state index in [0.29, 0.717) is 10.8 Å². The van der Waals surface area contributed by atoms with E-state index < -0.39 is 0 Å². The molecule has 0 saturated heterocycles. The molecule has 0 aliphatic carbocycles. The number of hydrogen-bond acceptors (Lipinski definition) is 4. The summed E-state index contributed by atoms with van der Waals surface area (Å²) in [5, 5.41) is 16.9. The number of benzene rings is 3. The highest BCUT2D eigenvalue weighted by atomic mass is 127. The Labute approximate surface area is 188 Å². The van der Waals surface area contributed by atoms with E-state index in [2.05, 4.69) is 81.5 Å². The van der Waals surface area contributed by atoms with E-state index in [1.165, 1.54) is 3.57 Å². The Morgan fingerprint density at radius 1 is 0.931 bits per heavy atom. The fraction of sp³-hybridized carbons (Fsp3) is 0.136. The van der Waals surface area contributed by atoms with Crippen LogP contribution in [0.5, 0.6) is 0 Å². The second-order valence-electron chi connectivity index (χ2n) is 6.80.